The van der Waals surface area contributed by atoms with Crippen LogP contribution >= 0.6 is 0 Å². The summed E-state index contributed by atoms with van der Waals surface area (Å²) in [5, 5.41) is 9.70. The van der Waals surface area contributed by atoms with Gasteiger partial charge in [-0.05, 0) is 6.92 Å². The van der Waals surface area contributed by atoms with E-state index in [2.05, 4.69) is 4.98 Å². The van der Waals surface area contributed by atoms with Crippen LogP contribution in [0.4, 0.5) is 0 Å². The molecule has 0 fully saturated rings. The normalized spacial score (nSPS) is 14.7. The minimum Gasteiger partial charge on any atom is -0.501 e. The average molecular weight is 254 g/mol. The molecule has 2 heterocycles. The van der Waals surface area contributed by atoms with Gasteiger partial charge in [-0.25, -0.2) is 9.78 Å². The number of nitrogens with zero attached hydrogens (tertiary/aromatic N) is 2. The first-order chi connectivity index (χ1) is 8.65. The van der Waals surface area contributed by atoms with Crippen LogP contribution in [0.3, 0.4) is 0 Å². The Hall–Kier alpha value is -1.89. The molecule has 1 aliphatic rings. The summed E-state index contributed by atoms with van der Waals surface area (Å²) < 4.78 is 11.3. The summed E-state index contributed by atoms with van der Waals surface area (Å²) in [5.74, 6) is -1.03. The number of aromatic nitrogens is 2. The van der Waals surface area contributed by atoms with Crippen LogP contribution in [0.5, 0.6) is 5.75 Å². The Kier molecular flexibility index (Phi) is 3.61. The number of fused-ring (bicyclic) bond motifs is 1. The molecule has 7 nitrogen and oxygen atoms in total. The number of carbonyl (C=O) groups is 1. The lowest BCUT2D eigenvalue weighted by atomic mass is 10.3. The van der Waals surface area contributed by atoms with Crippen molar-refractivity contribution >= 4 is 5.97 Å². The lowest BCUT2D eigenvalue weighted by Crippen LogP contribution is -2.28. The molecule has 0 saturated carbocycles. The van der Waals surface area contributed by atoms with Gasteiger partial charge in [-0.15, -0.1) is 0 Å². The number of hydrogen-bond donors (Lipinski definition) is 1. The van der Waals surface area contributed by atoms with E-state index in [1.54, 1.807) is 6.92 Å². The van der Waals surface area contributed by atoms with E-state index in [0.29, 0.717) is 32.0 Å². The van der Waals surface area contributed by atoms with Gasteiger partial charge in [0.2, 0.25) is 5.75 Å². The van der Waals surface area contributed by atoms with Crippen molar-refractivity contribution in [1.29, 1.82) is 0 Å². The highest BCUT2D eigenvalue weighted by molar-refractivity contribution is 5.89. The smallest absolute Gasteiger partial charge is 0.361 e. The molecular weight excluding hydrogens is 240 g/mol. The molecule has 2 rings (SSSR count). The van der Waals surface area contributed by atoms with Crippen molar-refractivity contribution < 1.29 is 19.4 Å². The third kappa shape index (κ3) is 2.21. The summed E-state index contributed by atoms with van der Waals surface area (Å²) in [6.45, 7) is 2.92. The highest BCUT2D eigenvalue weighted by atomic mass is 16.5. The largest absolute Gasteiger partial charge is 0.501 e. The Morgan fingerprint density at radius 1 is 1.56 bits per heavy atom. The standard InChI is InChI=1S/C11H14N2O5/c1-2-18-11(16)8-9(14)10(15)13-4-6-17-5-3-7(13)12-8/h14H,2-6H2,1H3. The van der Waals surface area contributed by atoms with Crippen LogP contribution in [0.1, 0.15) is 23.2 Å². The van der Waals surface area contributed by atoms with Gasteiger partial charge >= 0.3 is 5.97 Å². The molecule has 0 spiro atoms. The van der Waals surface area contributed by atoms with Crippen molar-refractivity contribution in [2.24, 2.45) is 0 Å². The van der Waals surface area contributed by atoms with Crippen LogP contribution in [0.25, 0.3) is 0 Å². The van der Waals surface area contributed by atoms with Crippen LogP contribution in [-0.2, 0) is 22.4 Å². The molecule has 1 aromatic rings. The average Bonchev–Trinajstić information content (AvgIpc) is 2.59. The second kappa shape index (κ2) is 5.18. The van der Waals surface area contributed by atoms with Gasteiger partial charge in [-0.3, -0.25) is 9.36 Å². The van der Waals surface area contributed by atoms with E-state index in [1.807, 2.05) is 0 Å². The van der Waals surface area contributed by atoms with Crippen molar-refractivity contribution in [3.63, 3.8) is 0 Å². The molecule has 0 unspecified atom stereocenters. The zero-order chi connectivity index (χ0) is 13.1. The third-order valence-electron chi connectivity index (χ3n) is 2.62. The van der Waals surface area contributed by atoms with E-state index in [-0.39, 0.29) is 12.3 Å². The number of rotatable bonds is 2. The summed E-state index contributed by atoms with van der Waals surface area (Å²) in [6.07, 6.45) is 0.419. The first-order valence-electron chi connectivity index (χ1n) is 5.72. The highest BCUT2D eigenvalue weighted by Crippen LogP contribution is 2.13. The number of aromatic hydroxyl groups is 1. The Morgan fingerprint density at radius 3 is 3.06 bits per heavy atom. The minimum absolute atomic E-state index is 0.154. The second-order valence-electron chi connectivity index (χ2n) is 3.76. The van der Waals surface area contributed by atoms with Crippen LogP contribution in [0.15, 0.2) is 4.79 Å². The maximum absolute atomic E-state index is 11.9. The molecule has 1 aromatic heterocycles. The van der Waals surface area contributed by atoms with E-state index in [9.17, 15) is 14.7 Å². The molecule has 0 aliphatic carbocycles. The van der Waals surface area contributed by atoms with Crippen molar-refractivity contribution in [2.75, 3.05) is 19.8 Å². The first-order valence-corrected chi connectivity index (χ1v) is 5.72. The van der Waals surface area contributed by atoms with Crippen molar-refractivity contribution in [3.8, 4) is 5.75 Å². The second-order valence-corrected chi connectivity index (χ2v) is 3.76. The van der Waals surface area contributed by atoms with Crippen molar-refractivity contribution in [1.82, 2.24) is 9.55 Å². The molecule has 0 atom stereocenters. The van der Waals surface area contributed by atoms with Gasteiger partial charge in [0.1, 0.15) is 5.82 Å². The summed E-state index contributed by atoms with van der Waals surface area (Å²) in [4.78, 5) is 27.5. The molecule has 0 saturated heterocycles. The minimum atomic E-state index is -0.791. The first kappa shape index (κ1) is 12.6. The van der Waals surface area contributed by atoms with E-state index in [4.69, 9.17) is 9.47 Å². The molecule has 1 N–H and O–H groups in total. The predicted molar refractivity (Wildman–Crippen MR) is 60.6 cm³/mol. The fourth-order valence-corrected chi connectivity index (χ4v) is 1.77. The maximum Gasteiger partial charge on any atom is 0.361 e. The van der Waals surface area contributed by atoms with Crippen molar-refractivity contribution in [2.45, 2.75) is 19.9 Å². The number of carbonyl (C=O) groups excluding carboxylic acids is 1. The Bertz CT molecular complexity index is 523. The van der Waals surface area contributed by atoms with Crippen LogP contribution in [-0.4, -0.2) is 40.4 Å². The van der Waals surface area contributed by atoms with Crippen LogP contribution in [0.2, 0.25) is 0 Å². The summed E-state index contributed by atoms with van der Waals surface area (Å²) >= 11 is 0. The zero-order valence-corrected chi connectivity index (χ0v) is 10.0. The van der Waals surface area contributed by atoms with Crippen LogP contribution in [0, 0.1) is 0 Å². The Balaban J connectivity index is 2.51. The number of esters is 1. The summed E-state index contributed by atoms with van der Waals surface area (Å²) in [6, 6.07) is 0. The zero-order valence-electron chi connectivity index (χ0n) is 10.0. The van der Waals surface area contributed by atoms with E-state index < -0.39 is 17.3 Å². The lowest BCUT2D eigenvalue weighted by molar-refractivity contribution is 0.0514. The SMILES string of the molecule is CCOC(=O)c1nc2n(c(=O)c1O)CCOCC2. The third-order valence-corrected chi connectivity index (χ3v) is 2.62. The van der Waals surface area contributed by atoms with Gasteiger partial charge in [0.15, 0.2) is 5.69 Å². The maximum atomic E-state index is 11.9. The molecule has 1 aliphatic heterocycles. The predicted octanol–water partition coefficient (Wildman–Crippen LogP) is -0.302. The molecule has 0 bridgehead atoms. The molecule has 0 amide bonds. The lowest BCUT2D eigenvalue weighted by Gasteiger charge is -2.10. The molecular formula is C11H14N2O5. The Labute approximate surface area is 103 Å². The fourth-order valence-electron chi connectivity index (χ4n) is 1.77. The van der Waals surface area contributed by atoms with Gasteiger partial charge < -0.3 is 14.6 Å². The molecule has 18 heavy (non-hydrogen) atoms. The monoisotopic (exact) mass is 254 g/mol. The fraction of sp³-hybridized carbons (Fsp3) is 0.545. The van der Waals surface area contributed by atoms with Crippen LogP contribution < -0.4 is 5.56 Å². The number of ether oxygens (including phenoxy) is 2. The van der Waals surface area contributed by atoms with Gasteiger partial charge in [-0.2, -0.15) is 0 Å². The van der Waals surface area contributed by atoms with E-state index in [0.717, 1.165) is 0 Å². The molecule has 0 radical (unpaired) electrons. The quantitative estimate of drug-likeness (QED) is 0.728. The van der Waals surface area contributed by atoms with E-state index in [1.165, 1.54) is 4.57 Å². The molecule has 0 aromatic carbocycles. The van der Waals surface area contributed by atoms with E-state index >= 15 is 0 Å². The van der Waals surface area contributed by atoms with Gasteiger partial charge in [0, 0.05) is 6.42 Å². The summed E-state index contributed by atoms with van der Waals surface area (Å²) in [7, 11) is 0. The molecule has 7 heteroatoms. The van der Waals surface area contributed by atoms with Gasteiger partial charge in [0.25, 0.3) is 5.56 Å². The molecule has 98 valence electrons. The van der Waals surface area contributed by atoms with Gasteiger partial charge in [-0.1, -0.05) is 0 Å². The topological polar surface area (TPSA) is 90.7 Å². The van der Waals surface area contributed by atoms with Crippen molar-refractivity contribution in [3.05, 3.63) is 21.9 Å². The van der Waals surface area contributed by atoms with Gasteiger partial charge in [0.05, 0.1) is 26.4 Å². The Morgan fingerprint density at radius 2 is 2.33 bits per heavy atom. The number of hydrogen-bond acceptors (Lipinski definition) is 6. The highest BCUT2D eigenvalue weighted by Gasteiger charge is 2.22. The summed E-state index contributed by atoms with van der Waals surface area (Å²) in [5.41, 5.74) is -0.955.